The van der Waals surface area contributed by atoms with Gasteiger partial charge in [-0.2, -0.15) is 0 Å². The van der Waals surface area contributed by atoms with E-state index < -0.39 is 0 Å². The molecular weight excluding hydrogens is 170 g/mol. The third-order valence-electron chi connectivity index (χ3n) is 1.51. The summed E-state index contributed by atoms with van der Waals surface area (Å²) in [7, 11) is 0. The Morgan fingerprint density at radius 2 is 2.08 bits per heavy atom. The minimum Gasteiger partial charge on any atom is -0.383 e. The van der Waals surface area contributed by atoms with Crippen LogP contribution in [0.4, 0.5) is 5.82 Å². The lowest BCUT2D eigenvalue weighted by Gasteiger charge is -2.00. The Hall–Kier alpha value is -2.11. The number of hydrogen-bond donors (Lipinski definition) is 2. The fourth-order valence-electron chi connectivity index (χ4n) is 0.978. The highest BCUT2D eigenvalue weighted by molar-refractivity contribution is 5.32. The Morgan fingerprint density at radius 1 is 1.38 bits per heavy atom. The van der Waals surface area contributed by atoms with Gasteiger partial charge >= 0.3 is 0 Å². The van der Waals surface area contributed by atoms with E-state index in [-0.39, 0.29) is 11.4 Å². The highest BCUT2D eigenvalue weighted by Crippen LogP contribution is 2.01. The number of nitrogens with two attached hydrogens (primary N) is 1. The average Bonchev–Trinajstić information content (AvgIpc) is 2.47. The van der Waals surface area contributed by atoms with Gasteiger partial charge in [-0.3, -0.25) is 9.89 Å². The predicted octanol–water partition coefficient (Wildman–Crippen LogP) is -0.462. The second-order valence-corrected chi connectivity index (χ2v) is 2.43. The molecule has 0 amide bonds. The molecule has 0 fully saturated rings. The van der Waals surface area contributed by atoms with E-state index >= 15 is 0 Å². The molecule has 0 radical (unpaired) electrons. The molecular formula is C7H7N5O. The molecule has 2 rings (SSSR count). The smallest absolute Gasteiger partial charge is 0.266 e. The third-order valence-corrected chi connectivity index (χ3v) is 1.51. The first-order chi connectivity index (χ1) is 6.27. The number of rotatable bonds is 1. The molecule has 0 saturated carbocycles. The van der Waals surface area contributed by atoms with Crippen molar-refractivity contribution >= 4 is 5.82 Å². The summed E-state index contributed by atoms with van der Waals surface area (Å²) < 4.78 is 1.32. The fraction of sp³-hybridized carbons (Fsp3) is 0. The minimum atomic E-state index is -0.273. The second-order valence-electron chi connectivity index (χ2n) is 2.43. The molecule has 0 spiro atoms. The van der Waals surface area contributed by atoms with Crippen molar-refractivity contribution in [3.63, 3.8) is 0 Å². The van der Waals surface area contributed by atoms with Crippen LogP contribution in [0.1, 0.15) is 0 Å². The lowest BCUT2D eigenvalue weighted by Crippen LogP contribution is -2.08. The van der Waals surface area contributed by atoms with Crippen molar-refractivity contribution in [2.45, 2.75) is 0 Å². The highest BCUT2D eigenvalue weighted by Gasteiger charge is 2.03. The van der Waals surface area contributed by atoms with E-state index in [1.54, 1.807) is 18.5 Å². The molecule has 2 aromatic rings. The molecule has 0 aliphatic rings. The summed E-state index contributed by atoms with van der Waals surface area (Å²) >= 11 is 0. The van der Waals surface area contributed by atoms with Crippen LogP contribution in [0, 0.1) is 0 Å². The highest BCUT2D eigenvalue weighted by atomic mass is 16.1. The molecule has 6 heteroatoms. The van der Waals surface area contributed by atoms with Crippen molar-refractivity contribution in [2.75, 3.05) is 5.73 Å². The van der Waals surface area contributed by atoms with E-state index in [1.807, 2.05) is 0 Å². The zero-order valence-electron chi connectivity index (χ0n) is 6.64. The summed E-state index contributed by atoms with van der Waals surface area (Å²) in [4.78, 5) is 18.7. The molecule has 66 valence electrons. The zero-order chi connectivity index (χ0) is 9.26. The molecule has 3 N–H and O–H groups in total. The Kier molecular flexibility index (Phi) is 1.59. The van der Waals surface area contributed by atoms with Crippen LogP contribution in [0.15, 0.2) is 29.3 Å². The molecule has 0 aliphatic heterocycles. The van der Waals surface area contributed by atoms with E-state index in [0.29, 0.717) is 5.95 Å². The van der Waals surface area contributed by atoms with Gasteiger partial charge in [-0.15, -0.1) is 0 Å². The van der Waals surface area contributed by atoms with E-state index in [1.165, 1.54) is 10.7 Å². The maximum Gasteiger partial charge on any atom is 0.266 e. The Labute approximate surface area is 73.0 Å². The molecule has 0 bridgehead atoms. The van der Waals surface area contributed by atoms with Gasteiger partial charge in [-0.25, -0.2) is 14.6 Å². The van der Waals surface area contributed by atoms with Crippen LogP contribution < -0.4 is 11.3 Å². The van der Waals surface area contributed by atoms with E-state index in [4.69, 9.17) is 5.73 Å². The maximum absolute atomic E-state index is 10.9. The van der Waals surface area contributed by atoms with E-state index in [9.17, 15) is 4.79 Å². The molecule has 0 aliphatic carbocycles. The molecule has 13 heavy (non-hydrogen) atoms. The van der Waals surface area contributed by atoms with E-state index in [0.717, 1.165) is 0 Å². The first-order valence-corrected chi connectivity index (χ1v) is 3.62. The number of H-pyrrole nitrogens is 1. The van der Waals surface area contributed by atoms with Gasteiger partial charge in [0.05, 0.1) is 0 Å². The van der Waals surface area contributed by atoms with Crippen LogP contribution >= 0.6 is 0 Å². The van der Waals surface area contributed by atoms with Crippen molar-refractivity contribution in [3.8, 4) is 5.95 Å². The lowest BCUT2D eigenvalue weighted by molar-refractivity contribution is 0.806. The van der Waals surface area contributed by atoms with Crippen molar-refractivity contribution < 1.29 is 0 Å². The van der Waals surface area contributed by atoms with Crippen LogP contribution in [0.2, 0.25) is 0 Å². The number of nitrogen functional groups attached to an aromatic ring is 1. The number of nitrogens with zero attached hydrogens (tertiary/aromatic N) is 3. The zero-order valence-corrected chi connectivity index (χ0v) is 6.64. The number of nitrogens with one attached hydrogen (secondary N) is 1. The summed E-state index contributed by atoms with van der Waals surface area (Å²) in [5, 5.41) is 2.47. The summed E-state index contributed by atoms with van der Waals surface area (Å²) in [6, 6.07) is 2.96. The largest absolute Gasteiger partial charge is 0.383 e. The number of aromatic amines is 1. The molecule has 0 aromatic carbocycles. The summed E-state index contributed by atoms with van der Waals surface area (Å²) in [5.41, 5.74) is 5.25. The molecule has 0 saturated heterocycles. The van der Waals surface area contributed by atoms with Crippen LogP contribution in [0.5, 0.6) is 0 Å². The van der Waals surface area contributed by atoms with Crippen LogP contribution in [-0.4, -0.2) is 19.7 Å². The Bertz CT molecular complexity index is 457. The topological polar surface area (TPSA) is 89.6 Å². The predicted molar refractivity (Wildman–Crippen MR) is 46.4 cm³/mol. The third kappa shape index (κ3) is 1.28. The van der Waals surface area contributed by atoms with Crippen molar-refractivity contribution in [3.05, 3.63) is 34.9 Å². The van der Waals surface area contributed by atoms with Gasteiger partial charge in [-0.1, -0.05) is 0 Å². The summed E-state index contributed by atoms with van der Waals surface area (Å²) in [5.74, 6) is 0.637. The van der Waals surface area contributed by atoms with Gasteiger partial charge < -0.3 is 5.73 Å². The van der Waals surface area contributed by atoms with Crippen molar-refractivity contribution in [1.29, 1.82) is 0 Å². The van der Waals surface area contributed by atoms with Gasteiger partial charge in [-0.05, 0) is 6.07 Å². The Balaban J connectivity index is 2.59. The number of hydrogen-bond acceptors (Lipinski definition) is 4. The lowest BCUT2D eigenvalue weighted by atomic mass is 10.6. The molecule has 2 heterocycles. The van der Waals surface area contributed by atoms with Gasteiger partial charge in [0.1, 0.15) is 5.82 Å². The molecule has 6 nitrogen and oxygen atoms in total. The quantitative estimate of drug-likeness (QED) is 0.616. The standard InChI is InChI=1S/C7H7N5O/c8-5-4-6(13)11-12(5)7-9-2-1-3-10-7/h1-4H,8H2,(H,11,13). The fourth-order valence-corrected chi connectivity index (χ4v) is 0.978. The maximum atomic E-state index is 10.9. The number of aromatic nitrogens is 4. The molecule has 2 aromatic heterocycles. The average molecular weight is 177 g/mol. The van der Waals surface area contributed by atoms with Gasteiger partial charge in [0.15, 0.2) is 0 Å². The van der Waals surface area contributed by atoms with Gasteiger partial charge in [0, 0.05) is 18.5 Å². The SMILES string of the molecule is Nc1cc(=O)[nH]n1-c1ncccn1. The number of anilines is 1. The molecule has 0 unspecified atom stereocenters. The first-order valence-electron chi connectivity index (χ1n) is 3.62. The summed E-state index contributed by atoms with van der Waals surface area (Å²) in [6.07, 6.45) is 3.14. The van der Waals surface area contributed by atoms with Crippen molar-refractivity contribution in [2.24, 2.45) is 0 Å². The first kappa shape index (κ1) is 7.53. The second kappa shape index (κ2) is 2.74. The minimum absolute atomic E-state index is 0.273. The van der Waals surface area contributed by atoms with Crippen LogP contribution in [0.3, 0.4) is 0 Å². The van der Waals surface area contributed by atoms with Gasteiger partial charge in [0.25, 0.3) is 11.5 Å². The van der Waals surface area contributed by atoms with Crippen LogP contribution in [0.25, 0.3) is 5.95 Å². The Morgan fingerprint density at radius 3 is 2.62 bits per heavy atom. The summed E-state index contributed by atoms with van der Waals surface area (Å²) in [6.45, 7) is 0. The monoisotopic (exact) mass is 177 g/mol. The molecule has 0 atom stereocenters. The normalized spacial score (nSPS) is 10.2. The van der Waals surface area contributed by atoms with Crippen LogP contribution in [-0.2, 0) is 0 Å². The van der Waals surface area contributed by atoms with Crippen molar-refractivity contribution in [1.82, 2.24) is 19.7 Å². The van der Waals surface area contributed by atoms with Gasteiger partial charge in [0.2, 0.25) is 0 Å². The van der Waals surface area contributed by atoms with E-state index in [2.05, 4.69) is 15.1 Å².